The van der Waals surface area contributed by atoms with Gasteiger partial charge in [-0.3, -0.25) is 5.43 Å². The van der Waals surface area contributed by atoms with Crippen LogP contribution in [0.1, 0.15) is 10.6 Å². The standard InChI is InChI=1S/C11H14ClN5S/c1-7-6-10(16-11(15-7)17-13)14-5-4-8-2-3-9(12)18-8/h2-3,6H,4-5,13H2,1H3,(H2,14,15,16,17). The van der Waals surface area contributed by atoms with E-state index in [-0.39, 0.29) is 0 Å². The third-order valence-corrected chi connectivity index (χ3v) is 3.58. The van der Waals surface area contributed by atoms with Crippen molar-refractivity contribution >= 4 is 34.7 Å². The van der Waals surface area contributed by atoms with Crippen molar-refractivity contribution in [2.75, 3.05) is 17.3 Å². The number of hydrogen-bond acceptors (Lipinski definition) is 6. The van der Waals surface area contributed by atoms with Gasteiger partial charge in [-0.25, -0.2) is 10.8 Å². The number of hydrazine groups is 1. The maximum absolute atomic E-state index is 5.87. The highest BCUT2D eigenvalue weighted by Gasteiger charge is 2.01. The zero-order valence-electron chi connectivity index (χ0n) is 9.90. The smallest absolute Gasteiger partial charge is 0.239 e. The van der Waals surface area contributed by atoms with Crippen LogP contribution in [0.25, 0.3) is 0 Å². The first kappa shape index (κ1) is 13.1. The van der Waals surface area contributed by atoms with Gasteiger partial charge in [-0.2, -0.15) is 4.98 Å². The molecular formula is C11H14ClN5S. The molecule has 0 atom stereocenters. The normalized spacial score (nSPS) is 10.4. The second-order valence-electron chi connectivity index (χ2n) is 3.75. The van der Waals surface area contributed by atoms with Crippen molar-refractivity contribution in [3.05, 3.63) is 33.1 Å². The SMILES string of the molecule is Cc1cc(NCCc2ccc(Cl)s2)nc(NN)n1. The molecule has 4 N–H and O–H groups in total. The van der Waals surface area contributed by atoms with Crippen molar-refractivity contribution in [3.8, 4) is 0 Å². The summed E-state index contributed by atoms with van der Waals surface area (Å²) in [5, 5.41) is 3.23. The van der Waals surface area contributed by atoms with Gasteiger partial charge in [-0.1, -0.05) is 11.6 Å². The Labute approximate surface area is 114 Å². The number of halogens is 1. The van der Waals surface area contributed by atoms with E-state index in [1.165, 1.54) is 4.88 Å². The van der Waals surface area contributed by atoms with Crippen molar-refractivity contribution in [2.45, 2.75) is 13.3 Å². The van der Waals surface area contributed by atoms with Crippen LogP contribution >= 0.6 is 22.9 Å². The van der Waals surface area contributed by atoms with Crippen LogP contribution in [0.3, 0.4) is 0 Å². The molecule has 0 aliphatic carbocycles. The fourth-order valence-corrected chi connectivity index (χ4v) is 2.61. The van der Waals surface area contributed by atoms with E-state index in [1.54, 1.807) is 11.3 Å². The van der Waals surface area contributed by atoms with E-state index in [2.05, 4.69) is 20.7 Å². The van der Waals surface area contributed by atoms with Crippen molar-refractivity contribution in [2.24, 2.45) is 5.84 Å². The molecule has 96 valence electrons. The highest BCUT2D eigenvalue weighted by molar-refractivity contribution is 7.16. The Morgan fingerprint density at radius 3 is 2.89 bits per heavy atom. The number of anilines is 2. The monoisotopic (exact) mass is 283 g/mol. The van der Waals surface area contributed by atoms with Crippen molar-refractivity contribution < 1.29 is 0 Å². The van der Waals surface area contributed by atoms with Gasteiger partial charge in [0.15, 0.2) is 0 Å². The first-order valence-electron chi connectivity index (χ1n) is 5.48. The lowest BCUT2D eigenvalue weighted by Crippen LogP contribution is -2.13. The van der Waals surface area contributed by atoms with Gasteiger partial charge < -0.3 is 5.32 Å². The molecule has 0 aliphatic heterocycles. The van der Waals surface area contributed by atoms with Crippen LogP contribution in [0.15, 0.2) is 18.2 Å². The lowest BCUT2D eigenvalue weighted by molar-refractivity contribution is 1.00. The van der Waals surface area contributed by atoms with Crippen LogP contribution in [-0.2, 0) is 6.42 Å². The fourth-order valence-electron chi connectivity index (χ4n) is 1.52. The summed E-state index contributed by atoms with van der Waals surface area (Å²) in [4.78, 5) is 9.57. The number of rotatable bonds is 5. The van der Waals surface area contributed by atoms with Gasteiger partial charge >= 0.3 is 0 Å². The van der Waals surface area contributed by atoms with E-state index in [0.29, 0.717) is 5.95 Å². The van der Waals surface area contributed by atoms with Gasteiger partial charge in [-0.05, 0) is 25.5 Å². The molecule has 7 heteroatoms. The van der Waals surface area contributed by atoms with Gasteiger partial charge in [-0.15, -0.1) is 11.3 Å². The van der Waals surface area contributed by atoms with Crippen LogP contribution in [0, 0.1) is 6.92 Å². The Morgan fingerprint density at radius 2 is 2.22 bits per heavy atom. The van der Waals surface area contributed by atoms with Crippen LogP contribution in [0.4, 0.5) is 11.8 Å². The number of aryl methyl sites for hydroxylation is 1. The largest absolute Gasteiger partial charge is 0.370 e. The minimum Gasteiger partial charge on any atom is -0.370 e. The molecule has 2 aromatic heterocycles. The maximum Gasteiger partial charge on any atom is 0.239 e. The van der Waals surface area contributed by atoms with Crippen LogP contribution in [0.2, 0.25) is 4.34 Å². The van der Waals surface area contributed by atoms with Gasteiger partial charge in [0.05, 0.1) is 4.34 Å². The van der Waals surface area contributed by atoms with E-state index in [4.69, 9.17) is 17.4 Å². The Morgan fingerprint density at radius 1 is 1.39 bits per heavy atom. The number of hydrogen-bond donors (Lipinski definition) is 3. The average Bonchev–Trinajstić information content (AvgIpc) is 2.74. The van der Waals surface area contributed by atoms with Crippen molar-refractivity contribution in [3.63, 3.8) is 0 Å². The summed E-state index contributed by atoms with van der Waals surface area (Å²) in [6.45, 7) is 2.68. The van der Waals surface area contributed by atoms with E-state index in [1.807, 2.05) is 25.1 Å². The van der Waals surface area contributed by atoms with Crippen molar-refractivity contribution in [1.29, 1.82) is 0 Å². The zero-order chi connectivity index (χ0) is 13.0. The molecule has 0 radical (unpaired) electrons. The predicted octanol–water partition coefficient (Wildman–Crippen LogP) is 2.44. The summed E-state index contributed by atoms with van der Waals surface area (Å²) in [5.74, 6) is 6.47. The minimum absolute atomic E-state index is 0.414. The third kappa shape index (κ3) is 3.56. The van der Waals surface area contributed by atoms with Crippen LogP contribution < -0.4 is 16.6 Å². The fraction of sp³-hybridized carbons (Fsp3) is 0.273. The minimum atomic E-state index is 0.414. The molecule has 0 aliphatic rings. The molecular weight excluding hydrogens is 270 g/mol. The van der Waals surface area contributed by atoms with Crippen LogP contribution in [0.5, 0.6) is 0 Å². The molecule has 0 saturated carbocycles. The lowest BCUT2D eigenvalue weighted by atomic mass is 10.3. The predicted molar refractivity (Wildman–Crippen MR) is 76.1 cm³/mol. The first-order chi connectivity index (χ1) is 8.67. The number of nitrogens with one attached hydrogen (secondary N) is 2. The molecule has 0 saturated heterocycles. The molecule has 0 unspecified atom stereocenters. The Balaban J connectivity index is 1.91. The number of nitrogen functional groups attached to an aromatic ring is 1. The van der Waals surface area contributed by atoms with Gasteiger partial charge in [0, 0.05) is 23.2 Å². The third-order valence-electron chi connectivity index (χ3n) is 2.29. The highest BCUT2D eigenvalue weighted by atomic mass is 35.5. The summed E-state index contributed by atoms with van der Waals surface area (Å²) < 4.78 is 0.817. The second-order valence-corrected chi connectivity index (χ2v) is 5.54. The molecule has 2 aromatic rings. The summed E-state index contributed by atoms with van der Waals surface area (Å²) in [6.07, 6.45) is 0.909. The van der Waals surface area contributed by atoms with E-state index in [0.717, 1.165) is 28.8 Å². The van der Waals surface area contributed by atoms with E-state index < -0.39 is 0 Å². The number of thiophene rings is 1. The first-order valence-corrected chi connectivity index (χ1v) is 6.67. The van der Waals surface area contributed by atoms with E-state index >= 15 is 0 Å². The molecule has 5 nitrogen and oxygen atoms in total. The Bertz CT molecular complexity index is 528. The lowest BCUT2D eigenvalue weighted by Gasteiger charge is -2.07. The number of nitrogens with two attached hydrogens (primary N) is 1. The average molecular weight is 284 g/mol. The number of nitrogens with zero attached hydrogens (tertiary/aromatic N) is 2. The summed E-state index contributed by atoms with van der Waals surface area (Å²) in [6, 6.07) is 5.82. The molecule has 18 heavy (non-hydrogen) atoms. The summed E-state index contributed by atoms with van der Waals surface area (Å²) in [5.41, 5.74) is 3.30. The maximum atomic E-state index is 5.87. The molecule has 0 fully saturated rings. The van der Waals surface area contributed by atoms with Gasteiger partial charge in [0.1, 0.15) is 5.82 Å². The van der Waals surface area contributed by atoms with E-state index in [9.17, 15) is 0 Å². The molecule has 0 spiro atoms. The zero-order valence-corrected chi connectivity index (χ0v) is 11.5. The van der Waals surface area contributed by atoms with Gasteiger partial charge in [0.25, 0.3) is 0 Å². The summed E-state index contributed by atoms with van der Waals surface area (Å²) in [7, 11) is 0. The van der Waals surface area contributed by atoms with Crippen molar-refractivity contribution in [1.82, 2.24) is 9.97 Å². The molecule has 2 heterocycles. The molecule has 2 rings (SSSR count). The second kappa shape index (κ2) is 5.99. The highest BCUT2D eigenvalue weighted by Crippen LogP contribution is 2.21. The van der Waals surface area contributed by atoms with Gasteiger partial charge in [0.2, 0.25) is 5.95 Å². The molecule has 0 bridgehead atoms. The summed E-state index contributed by atoms with van der Waals surface area (Å²) >= 11 is 7.47. The topological polar surface area (TPSA) is 75.9 Å². The Hall–Kier alpha value is -1.37. The van der Waals surface area contributed by atoms with Crippen LogP contribution in [-0.4, -0.2) is 16.5 Å². The Kier molecular flexibility index (Phi) is 4.35. The number of aromatic nitrogens is 2. The quantitative estimate of drug-likeness (QED) is 0.580. The molecule has 0 amide bonds. The molecule has 0 aromatic carbocycles.